The number of carbonyl (C=O) groups is 1. The standard InChI is InChI=1S/C14H18ClNO3/c1-16-8-7-12(15)13(16)9-19-11-5-3-10(4-6-11)14(17)18-2/h3-6,12-13H,7-9H2,1-2H3/t12-,13-/m0/s1. The van der Waals surface area contributed by atoms with Crippen LogP contribution in [0.3, 0.4) is 0 Å². The molecule has 2 rings (SSSR count). The van der Waals surface area contributed by atoms with E-state index in [9.17, 15) is 4.79 Å². The first-order chi connectivity index (χ1) is 9.11. The zero-order valence-corrected chi connectivity index (χ0v) is 11.9. The molecule has 1 aromatic rings. The van der Waals surface area contributed by atoms with Crippen LogP contribution in [0.1, 0.15) is 16.8 Å². The van der Waals surface area contributed by atoms with Crippen molar-refractivity contribution in [3.63, 3.8) is 0 Å². The van der Waals surface area contributed by atoms with Crippen molar-refractivity contribution < 1.29 is 14.3 Å². The van der Waals surface area contributed by atoms with Crippen molar-refractivity contribution in [1.82, 2.24) is 4.90 Å². The van der Waals surface area contributed by atoms with Crippen LogP contribution < -0.4 is 4.74 Å². The number of ether oxygens (including phenoxy) is 2. The van der Waals surface area contributed by atoms with Crippen molar-refractivity contribution in [3.8, 4) is 5.75 Å². The predicted molar refractivity (Wildman–Crippen MR) is 74.0 cm³/mol. The van der Waals surface area contributed by atoms with Gasteiger partial charge in [0.15, 0.2) is 0 Å². The van der Waals surface area contributed by atoms with Gasteiger partial charge in [0, 0.05) is 0 Å². The van der Waals surface area contributed by atoms with E-state index in [2.05, 4.69) is 16.7 Å². The molecular weight excluding hydrogens is 266 g/mol. The Balaban J connectivity index is 1.91. The van der Waals surface area contributed by atoms with Crippen LogP contribution in [-0.4, -0.2) is 49.6 Å². The molecule has 0 amide bonds. The summed E-state index contributed by atoms with van der Waals surface area (Å²) in [5.74, 6) is 0.389. The lowest BCUT2D eigenvalue weighted by Crippen LogP contribution is -2.35. The van der Waals surface area contributed by atoms with Crippen LogP contribution in [-0.2, 0) is 4.74 Å². The number of alkyl halides is 1. The van der Waals surface area contributed by atoms with Crippen LogP contribution >= 0.6 is 11.6 Å². The number of carbonyl (C=O) groups excluding carboxylic acids is 1. The summed E-state index contributed by atoms with van der Waals surface area (Å²) in [5.41, 5.74) is 0.517. The second-order valence-corrected chi connectivity index (χ2v) is 5.24. The second kappa shape index (κ2) is 6.26. The maximum absolute atomic E-state index is 11.3. The minimum Gasteiger partial charge on any atom is -0.492 e. The van der Waals surface area contributed by atoms with Crippen molar-refractivity contribution in [3.05, 3.63) is 29.8 Å². The van der Waals surface area contributed by atoms with E-state index in [4.69, 9.17) is 16.3 Å². The van der Waals surface area contributed by atoms with Crippen molar-refractivity contribution in [2.75, 3.05) is 27.3 Å². The molecule has 0 unspecified atom stereocenters. The summed E-state index contributed by atoms with van der Waals surface area (Å²) in [7, 11) is 3.42. The summed E-state index contributed by atoms with van der Waals surface area (Å²) in [4.78, 5) is 13.5. The molecule has 1 heterocycles. The molecule has 1 fully saturated rings. The van der Waals surface area contributed by atoms with Gasteiger partial charge in [-0.25, -0.2) is 4.79 Å². The highest BCUT2D eigenvalue weighted by atomic mass is 35.5. The highest BCUT2D eigenvalue weighted by molar-refractivity contribution is 6.21. The number of likely N-dealkylation sites (tertiary alicyclic amines) is 1. The topological polar surface area (TPSA) is 38.8 Å². The Morgan fingerprint density at radius 1 is 1.42 bits per heavy atom. The average Bonchev–Trinajstić information content (AvgIpc) is 2.75. The molecule has 0 radical (unpaired) electrons. The summed E-state index contributed by atoms with van der Waals surface area (Å²) in [6.45, 7) is 1.56. The first-order valence-electron chi connectivity index (χ1n) is 6.27. The van der Waals surface area contributed by atoms with Gasteiger partial charge >= 0.3 is 5.97 Å². The average molecular weight is 284 g/mol. The monoisotopic (exact) mass is 283 g/mol. The van der Waals surface area contributed by atoms with Crippen molar-refractivity contribution in [2.45, 2.75) is 17.8 Å². The normalized spacial score (nSPS) is 23.3. The Hall–Kier alpha value is -1.26. The van der Waals surface area contributed by atoms with Crippen molar-refractivity contribution in [1.29, 1.82) is 0 Å². The highest BCUT2D eigenvalue weighted by Crippen LogP contribution is 2.22. The number of hydrogen-bond donors (Lipinski definition) is 0. The molecule has 104 valence electrons. The molecule has 2 atom stereocenters. The maximum atomic E-state index is 11.3. The van der Waals surface area contributed by atoms with Crippen LogP contribution in [0.4, 0.5) is 0 Å². The quantitative estimate of drug-likeness (QED) is 0.627. The molecule has 5 heteroatoms. The smallest absolute Gasteiger partial charge is 0.337 e. The Labute approximate surface area is 118 Å². The van der Waals surface area contributed by atoms with Gasteiger partial charge in [-0.2, -0.15) is 0 Å². The predicted octanol–water partition coefficient (Wildman–Crippen LogP) is 2.16. The fourth-order valence-corrected chi connectivity index (χ4v) is 2.54. The van der Waals surface area contributed by atoms with Gasteiger partial charge in [-0.1, -0.05) is 0 Å². The molecule has 0 aliphatic carbocycles. The van der Waals surface area contributed by atoms with E-state index in [1.807, 2.05) is 0 Å². The molecule has 4 nitrogen and oxygen atoms in total. The number of hydrogen-bond acceptors (Lipinski definition) is 4. The van der Waals surface area contributed by atoms with Gasteiger partial charge in [0.2, 0.25) is 0 Å². The van der Waals surface area contributed by atoms with E-state index in [0.717, 1.165) is 18.7 Å². The maximum Gasteiger partial charge on any atom is 0.337 e. The molecule has 1 aliphatic rings. The number of esters is 1. The van der Waals surface area contributed by atoms with Crippen molar-refractivity contribution >= 4 is 17.6 Å². The summed E-state index contributed by atoms with van der Waals surface area (Å²) >= 11 is 6.24. The fraction of sp³-hybridized carbons (Fsp3) is 0.500. The van der Waals surface area contributed by atoms with Gasteiger partial charge in [-0.05, 0) is 44.3 Å². The molecule has 1 saturated heterocycles. The third kappa shape index (κ3) is 3.39. The molecule has 0 spiro atoms. The molecule has 19 heavy (non-hydrogen) atoms. The van der Waals surface area contributed by atoms with Crippen LogP contribution in [0.15, 0.2) is 24.3 Å². The van der Waals surface area contributed by atoms with Gasteiger partial charge in [0.25, 0.3) is 0 Å². The van der Waals surface area contributed by atoms with Gasteiger partial charge in [0.1, 0.15) is 12.4 Å². The summed E-state index contributed by atoms with van der Waals surface area (Å²) in [6, 6.07) is 7.16. The first-order valence-corrected chi connectivity index (χ1v) is 6.71. The van der Waals surface area contributed by atoms with E-state index in [0.29, 0.717) is 12.2 Å². The van der Waals surface area contributed by atoms with Gasteiger partial charge in [-0.15, -0.1) is 11.6 Å². The largest absolute Gasteiger partial charge is 0.492 e. The number of halogens is 1. The lowest BCUT2D eigenvalue weighted by molar-refractivity contribution is 0.0600. The van der Waals surface area contributed by atoms with E-state index >= 15 is 0 Å². The van der Waals surface area contributed by atoms with E-state index in [1.54, 1.807) is 24.3 Å². The SMILES string of the molecule is COC(=O)c1ccc(OC[C@H]2[C@@H](Cl)CCN2C)cc1. The van der Waals surface area contributed by atoms with Crippen LogP contribution in [0.25, 0.3) is 0 Å². The third-order valence-electron chi connectivity index (χ3n) is 3.44. The zero-order valence-electron chi connectivity index (χ0n) is 11.1. The van der Waals surface area contributed by atoms with E-state index in [-0.39, 0.29) is 17.4 Å². The Bertz CT molecular complexity index is 425. The molecule has 0 bridgehead atoms. The Morgan fingerprint density at radius 3 is 2.63 bits per heavy atom. The highest BCUT2D eigenvalue weighted by Gasteiger charge is 2.30. The van der Waals surface area contributed by atoms with Gasteiger partial charge in [-0.3, -0.25) is 4.90 Å². The number of rotatable bonds is 4. The van der Waals surface area contributed by atoms with Crippen molar-refractivity contribution in [2.24, 2.45) is 0 Å². The molecule has 1 aliphatic heterocycles. The summed E-state index contributed by atoms with van der Waals surface area (Å²) < 4.78 is 10.4. The number of nitrogens with zero attached hydrogens (tertiary/aromatic N) is 1. The van der Waals surface area contributed by atoms with E-state index < -0.39 is 0 Å². The lowest BCUT2D eigenvalue weighted by Gasteiger charge is -2.21. The molecule has 0 saturated carbocycles. The number of methoxy groups -OCH3 is 1. The number of likely N-dealkylation sites (N-methyl/N-ethyl adjacent to an activating group) is 1. The van der Waals surface area contributed by atoms with E-state index in [1.165, 1.54) is 7.11 Å². The zero-order chi connectivity index (χ0) is 13.8. The van der Waals surface area contributed by atoms with Crippen LogP contribution in [0, 0.1) is 0 Å². The second-order valence-electron chi connectivity index (χ2n) is 4.68. The number of benzene rings is 1. The first kappa shape index (κ1) is 14.2. The summed E-state index contributed by atoms with van der Waals surface area (Å²) in [5, 5.41) is 0.138. The Kier molecular flexibility index (Phi) is 4.66. The lowest BCUT2D eigenvalue weighted by atomic mass is 10.2. The summed E-state index contributed by atoms with van der Waals surface area (Å²) in [6.07, 6.45) is 0.993. The third-order valence-corrected chi connectivity index (χ3v) is 3.95. The fourth-order valence-electron chi connectivity index (χ4n) is 2.18. The Morgan fingerprint density at radius 2 is 2.11 bits per heavy atom. The van der Waals surface area contributed by atoms with Crippen LogP contribution in [0.5, 0.6) is 5.75 Å². The minimum absolute atomic E-state index is 0.138. The molecule has 0 N–H and O–H groups in total. The van der Waals surface area contributed by atoms with Crippen LogP contribution in [0.2, 0.25) is 0 Å². The van der Waals surface area contributed by atoms with Gasteiger partial charge in [0.05, 0.1) is 24.1 Å². The van der Waals surface area contributed by atoms with Gasteiger partial charge < -0.3 is 9.47 Å². The minimum atomic E-state index is -0.345. The molecule has 1 aromatic carbocycles. The molecule has 0 aromatic heterocycles. The molecular formula is C14H18ClNO3.